The first-order valence-corrected chi connectivity index (χ1v) is 12.6. The van der Waals surface area contributed by atoms with Crippen molar-refractivity contribution in [3.63, 3.8) is 0 Å². The molecule has 0 N–H and O–H groups in total. The normalized spacial score (nSPS) is 24.8. The van der Waals surface area contributed by atoms with Crippen LogP contribution >= 0.6 is 0 Å². The summed E-state index contributed by atoms with van der Waals surface area (Å²) in [5, 5.41) is 0. The number of hydrogen-bond acceptors (Lipinski definition) is 3. The summed E-state index contributed by atoms with van der Waals surface area (Å²) in [6.45, 7) is 4.44. The van der Waals surface area contributed by atoms with E-state index in [1.165, 1.54) is 24.3 Å². The van der Waals surface area contributed by atoms with Crippen molar-refractivity contribution in [1.29, 1.82) is 0 Å². The Labute approximate surface area is 213 Å². The lowest BCUT2D eigenvalue weighted by Crippen LogP contribution is -2.37. The zero-order valence-corrected chi connectivity index (χ0v) is 20.5. The van der Waals surface area contributed by atoms with Crippen LogP contribution in [0, 0.1) is 35.2 Å². The van der Waals surface area contributed by atoms with Crippen LogP contribution in [0.25, 0.3) is 0 Å². The van der Waals surface area contributed by atoms with E-state index in [0.717, 1.165) is 12.1 Å². The van der Waals surface area contributed by atoms with E-state index in [1.807, 2.05) is 6.08 Å². The van der Waals surface area contributed by atoms with Crippen molar-refractivity contribution in [2.75, 3.05) is 13.2 Å². The first kappa shape index (κ1) is 27.3. The van der Waals surface area contributed by atoms with Gasteiger partial charge in [-0.05, 0) is 80.8 Å². The van der Waals surface area contributed by atoms with Gasteiger partial charge in [-0.15, -0.1) is 6.58 Å². The first-order chi connectivity index (χ1) is 17.7. The van der Waals surface area contributed by atoms with Gasteiger partial charge in [0, 0.05) is 17.0 Å². The monoisotopic (exact) mass is 522 g/mol. The molecule has 2 aromatic rings. The Bertz CT molecular complexity index is 1050. The van der Waals surface area contributed by atoms with E-state index in [4.69, 9.17) is 14.2 Å². The van der Waals surface area contributed by atoms with E-state index >= 15 is 0 Å². The van der Waals surface area contributed by atoms with Gasteiger partial charge in [-0.1, -0.05) is 18.2 Å². The number of ether oxygens (including phenoxy) is 3. The third-order valence-corrected chi connectivity index (χ3v) is 7.04. The third kappa shape index (κ3) is 7.20. The Hall–Kier alpha value is -2.71. The highest BCUT2D eigenvalue weighted by atomic mass is 19.3. The van der Waals surface area contributed by atoms with Crippen molar-refractivity contribution >= 4 is 0 Å². The summed E-state index contributed by atoms with van der Waals surface area (Å²) in [6, 6.07) is 7.02. The molecule has 1 heterocycles. The first-order valence-electron chi connectivity index (χ1n) is 12.6. The van der Waals surface area contributed by atoms with E-state index in [9.17, 15) is 22.0 Å². The quantitative estimate of drug-likeness (QED) is 0.247. The summed E-state index contributed by atoms with van der Waals surface area (Å²) in [5.41, 5.74) is 0.253. The number of allylic oxidation sites excluding steroid dienone is 2. The van der Waals surface area contributed by atoms with Crippen molar-refractivity contribution in [2.45, 2.75) is 50.9 Å². The highest BCUT2D eigenvalue weighted by Crippen LogP contribution is 2.41. The maximum atomic E-state index is 14.6. The summed E-state index contributed by atoms with van der Waals surface area (Å²) in [4.78, 5) is 0. The van der Waals surface area contributed by atoms with Crippen LogP contribution in [-0.4, -0.2) is 19.3 Å². The van der Waals surface area contributed by atoms with Crippen LogP contribution in [0.1, 0.15) is 49.5 Å². The lowest BCUT2D eigenvalue weighted by atomic mass is 9.80. The number of alkyl halides is 2. The van der Waals surface area contributed by atoms with E-state index in [2.05, 4.69) is 6.58 Å². The number of benzene rings is 2. The molecule has 4 rings (SSSR count). The average molecular weight is 523 g/mol. The molecular formula is C29H31F5O3. The molecule has 37 heavy (non-hydrogen) atoms. The SMILES string of the molecule is C=CC1COC(c2cc(F)c(C/C=C\CC3CCC(C(F)(F)Oc4ccc(F)cc4)CC3)c(F)c2)OC1. The summed E-state index contributed by atoms with van der Waals surface area (Å²) < 4.78 is 87.3. The second-order valence-corrected chi connectivity index (χ2v) is 9.70. The van der Waals surface area contributed by atoms with Gasteiger partial charge in [0.2, 0.25) is 0 Å². The van der Waals surface area contributed by atoms with Crippen molar-refractivity contribution in [2.24, 2.45) is 17.8 Å². The number of hydrogen-bond donors (Lipinski definition) is 0. The standard InChI is InChI=1S/C29H31F5O3/c1-2-19-17-35-28(36-18-19)21-15-26(31)25(27(32)16-21)6-4-3-5-20-7-9-22(10-8-20)29(33,34)37-24-13-11-23(30)12-14-24/h2-4,11-16,19-20,22,28H,1,5-10,17-18H2/b4-3-. The van der Waals surface area contributed by atoms with Gasteiger partial charge in [0.15, 0.2) is 6.29 Å². The fourth-order valence-corrected chi connectivity index (χ4v) is 4.77. The minimum Gasteiger partial charge on any atom is -0.432 e. The lowest BCUT2D eigenvalue weighted by molar-refractivity contribution is -0.223. The molecule has 0 amide bonds. The van der Waals surface area contributed by atoms with Gasteiger partial charge in [0.1, 0.15) is 23.2 Å². The molecule has 8 heteroatoms. The maximum Gasteiger partial charge on any atom is 0.400 e. The van der Waals surface area contributed by atoms with Crippen molar-refractivity contribution in [3.8, 4) is 5.75 Å². The minimum atomic E-state index is -3.33. The largest absolute Gasteiger partial charge is 0.432 e. The Balaban J connectivity index is 1.23. The summed E-state index contributed by atoms with van der Waals surface area (Å²) in [7, 11) is 0. The molecule has 2 fully saturated rings. The van der Waals surface area contributed by atoms with Crippen LogP contribution in [0.2, 0.25) is 0 Å². The van der Waals surface area contributed by atoms with Crippen LogP contribution in [0.15, 0.2) is 61.2 Å². The molecule has 1 saturated heterocycles. The smallest absolute Gasteiger partial charge is 0.400 e. The molecule has 1 aliphatic heterocycles. The molecule has 0 aromatic heterocycles. The molecule has 0 bridgehead atoms. The number of halogens is 5. The molecule has 2 aromatic carbocycles. The zero-order valence-electron chi connectivity index (χ0n) is 20.5. The van der Waals surface area contributed by atoms with Gasteiger partial charge in [0.05, 0.1) is 19.1 Å². The lowest BCUT2D eigenvalue weighted by Gasteiger charge is -2.33. The highest BCUT2D eigenvalue weighted by Gasteiger charge is 2.43. The highest BCUT2D eigenvalue weighted by molar-refractivity contribution is 5.29. The molecule has 1 aliphatic carbocycles. The maximum absolute atomic E-state index is 14.6. The van der Waals surface area contributed by atoms with Crippen LogP contribution in [-0.2, 0) is 15.9 Å². The van der Waals surface area contributed by atoms with E-state index in [-0.39, 0.29) is 29.6 Å². The van der Waals surface area contributed by atoms with Crippen LogP contribution < -0.4 is 4.74 Å². The summed E-state index contributed by atoms with van der Waals surface area (Å²) in [5.74, 6) is -2.56. The van der Waals surface area contributed by atoms with Crippen molar-refractivity contribution in [3.05, 3.63) is 89.8 Å². The van der Waals surface area contributed by atoms with E-state index in [1.54, 1.807) is 12.2 Å². The predicted molar refractivity (Wildman–Crippen MR) is 130 cm³/mol. The molecule has 2 aliphatic rings. The fourth-order valence-electron chi connectivity index (χ4n) is 4.77. The van der Waals surface area contributed by atoms with Gasteiger partial charge in [-0.3, -0.25) is 0 Å². The van der Waals surface area contributed by atoms with E-state index < -0.39 is 35.8 Å². The Kier molecular flexibility index (Phi) is 9.03. The third-order valence-electron chi connectivity index (χ3n) is 7.04. The van der Waals surface area contributed by atoms with Crippen LogP contribution in [0.4, 0.5) is 22.0 Å². The Morgan fingerprint density at radius 3 is 2.14 bits per heavy atom. The van der Waals surface area contributed by atoms with Gasteiger partial charge in [-0.25, -0.2) is 13.2 Å². The van der Waals surface area contributed by atoms with Crippen LogP contribution in [0.5, 0.6) is 5.75 Å². The zero-order chi connectivity index (χ0) is 26.4. The minimum absolute atomic E-state index is 0.0407. The second kappa shape index (κ2) is 12.2. The topological polar surface area (TPSA) is 27.7 Å². The molecule has 0 unspecified atom stereocenters. The second-order valence-electron chi connectivity index (χ2n) is 9.70. The Morgan fingerprint density at radius 2 is 1.54 bits per heavy atom. The fraction of sp³-hybridized carbons (Fsp3) is 0.448. The summed E-state index contributed by atoms with van der Waals surface area (Å²) >= 11 is 0. The molecule has 200 valence electrons. The summed E-state index contributed by atoms with van der Waals surface area (Å²) in [6.07, 6.45) is 3.68. The molecule has 1 saturated carbocycles. The van der Waals surface area contributed by atoms with Crippen LogP contribution in [0.3, 0.4) is 0 Å². The molecule has 3 nitrogen and oxygen atoms in total. The van der Waals surface area contributed by atoms with Gasteiger partial charge < -0.3 is 14.2 Å². The van der Waals surface area contributed by atoms with E-state index in [0.29, 0.717) is 50.9 Å². The molecular weight excluding hydrogens is 491 g/mol. The van der Waals surface area contributed by atoms with Crippen molar-refractivity contribution in [1.82, 2.24) is 0 Å². The molecule has 0 atom stereocenters. The molecule has 0 radical (unpaired) electrons. The van der Waals surface area contributed by atoms with Gasteiger partial charge >= 0.3 is 6.11 Å². The van der Waals surface area contributed by atoms with Gasteiger partial charge in [0.25, 0.3) is 0 Å². The number of rotatable bonds is 9. The van der Waals surface area contributed by atoms with Crippen molar-refractivity contribution < 1.29 is 36.2 Å². The van der Waals surface area contributed by atoms with Gasteiger partial charge in [-0.2, -0.15) is 8.78 Å². The Morgan fingerprint density at radius 1 is 0.919 bits per heavy atom. The average Bonchev–Trinajstić information content (AvgIpc) is 2.89. The molecule has 0 spiro atoms. The predicted octanol–water partition coefficient (Wildman–Crippen LogP) is 7.92.